The van der Waals surface area contributed by atoms with Crippen LogP contribution in [0.1, 0.15) is 23.3 Å². The number of aryl methyl sites for hydroxylation is 1. The predicted octanol–water partition coefficient (Wildman–Crippen LogP) is 5.37. The molecular weight excluding hydrogens is 432 g/mol. The maximum atomic E-state index is 14.3. The van der Waals surface area contributed by atoms with Gasteiger partial charge < -0.3 is 14.4 Å². The number of halogens is 6. The number of rotatable bonds is 7. The summed E-state index contributed by atoms with van der Waals surface area (Å²) in [5.74, 6) is -6.69. The molecule has 5 nitrogen and oxygen atoms in total. The molecule has 0 aliphatic carbocycles. The van der Waals surface area contributed by atoms with Crippen molar-refractivity contribution < 1.29 is 45.5 Å². The Hall–Kier alpha value is -3.50. The minimum atomic E-state index is -4.97. The number of nitrogens with zero attached hydrogens (tertiary/aromatic N) is 1. The molecule has 3 aromatic rings. The average molecular weight is 445 g/mol. The van der Waals surface area contributed by atoms with E-state index in [1.807, 2.05) is 0 Å². The van der Waals surface area contributed by atoms with Crippen molar-refractivity contribution in [2.24, 2.45) is 0 Å². The van der Waals surface area contributed by atoms with Crippen molar-refractivity contribution in [2.75, 3.05) is 0 Å². The zero-order valence-electron chi connectivity index (χ0n) is 15.5. The van der Waals surface area contributed by atoms with Crippen LogP contribution in [-0.4, -0.2) is 16.2 Å². The molecule has 0 aliphatic rings. The van der Waals surface area contributed by atoms with Gasteiger partial charge in [0.15, 0.2) is 17.4 Å². The smallest absolute Gasteiger partial charge is 0.452 e. The number of ether oxygens (including phenoxy) is 1. The second kappa shape index (κ2) is 8.70. The third-order valence-electron chi connectivity index (χ3n) is 4.21. The number of aromatic nitrogens is 1. The number of carboxylic acid groups (broad SMARTS) is 1. The van der Waals surface area contributed by atoms with E-state index in [9.17, 15) is 31.1 Å². The molecule has 31 heavy (non-hydrogen) atoms. The van der Waals surface area contributed by atoms with Gasteiger partial charge in [0.2, 0.25) is 5.76 Å². The Bertz CT molecular complexity index is 1070. The lowest BCUT2D eigenvalue weighted by molar-refractivity contribution is -0.156. The molecule has 0 amide bonds. The third kappa shape index (κ3) is 5.16. The molecule has 0 saturated carbocycles. The lowest BCUT2D eigenvalue weighted by Crippen LogP contribution is -2.10. The first-order valence-electron chi connectivity index (χ1n) is 8.70. The van der Waals surface area contributed by atoms with Crippen LogP contribution in [0.25, 0.3) is 11.3 Å². The van der Waals surface area contributed by atoms with Gasteiger partial charge >= 0.3 is 12.1 Å². The Balaban J connectivity index is 1.91. The van der Waals surface area contributed by atoms with Crippen LogP contribution < -0.4 is 4.74 Å². The SMILES string of the molecule is O=C(O)CCc1cc(F)c(OCc2c(-c3ccc(F)cc3)noc2C(F)(F)F)c(F)c1. The van der Waals surface area contributed by atoms with Crippen molar-refractivity contribution in [3.05, 3.63) is 70.7 Å². The number of benzene rings is 2. The second-order valence-electron chi connectivity index (χ2n) is 6.41. The van der Waals surface area contributed by atoms with Gasteiger partial charge in [0.1, 0.15) is 18.1 Å². The molecule has 0 fully saturated rings. The molecule has 0 saturated heterocycles. The summed E-state index contributed by atoms with van der Waals surface area (Å²) in [6.45, 7) is -0.951. The highest BCUT2D eigenvalue weighted by molar-refractivity contribution is 5.67. The molecule has 11 heteroatoms. The van der Waals surface area contributed by atoms with Gasteiger partial charge in [-0.3, -0.25) is 4.79 Å². The van der Waals surface area contributed by atoms with Gasteiger partial charge in [-0.05, 0) is 48.4 Å². The van der Waals surface area contributed by atoms with E-state index in [2.05, 4.69) is 9.68 Å². The normalized spacial score (nSPS) is 11.5. The molecule has 0 spiro atoms. The van der Waals surface area contributed by atoms with Gasteiger partial charge in [-0.1, -0.05) is 5.16 Å². The van der Waals surface area contributed by atoms with Gasteiger partial charge in [-0.15, -0.1) is 0 Å². The van der Waals surface area contributed by atoms with Gasteiger partial charge in [-0.2, -0.15) is 13.2 Å². The molecule has 3 rings (SSSR count). The molecule has 1 N–H and O–H groups in total. The van der Waals surface area contributed by atoms with Crippen LogP contribution in [0.4, 0.5) is 26.3 Å². The summed E-state index contributed by atoms with van der Waals surface area (Å²) < 4.78 is 90.8. The van der Waals surface area contributed by atoms with E-state index in [0.717, 1.165) is 36.4 Å². The van der Waals surface area contributed by atoms with Crippen molar-refractivity contribution in [1.82, 2.24) is 5.16 Å². The molecular formula is C20H13F6NO4. The van der Waals surface area contributed by atoms with Crippen LogP contribution in [0.3, 0.4) is 0 Å². The lowest BCUT2D eigenvalue weighted by atomic mass is 10.1. The van der Waals surface area contributed by atoms with Crippen molar-refractivity contribution in [1.29, 1.82) is 0 Å². The molecule has 0 unspecified atom stereocenters. The number of carboxylic acids is 1. The Labute approximate surface area is 170 Å². The first kappa shape index (κ1) is 22.2. The summed E-state index contributed by atoms with van der Waals surface area (Å²) in [6, 6.07) is 5.99. The fourth-order valence-electron chi connectivity index (χ4n) is 2.79. The Kier molecular flexibility index (Phi) is 6.23. The summed E-state index contributed by atoms with van der Waals surface area (Å²) in [4.78, 5) is 10.6. The molecule has 164 valence electrons. The molecule has 0 aliphatic heterocycles. The van der Waals surface area contributed by atoms with Gasteiger partial charge in [0.05, 0.1) is 5.56 Å². The standard InChI is InChI=1S/C20H13F6NO4/c21-12-4-2-11(3-5-12)17-13(19(31-27-17)20(24,25)26)9-30-18-14(22)7-10(8-15(18)23)1-6-16(28)29/h2-5,7-8H,1,6,9H2,(H,28,29). The quantitative estimate of drug-likeness (QED) is 0.495. The summed E-state index contributed by atoms with van der Waals surface area (Å²) >= 11 is 0. The first-order valence-corrected chi connectivity index (χ1v) is 8.70. The molecule has 0 bridgehead atoms. The first-order chi connectivity index (χ1) is 14.6. The van der Waals surface area contributed by atoms with Crippen LogP contribution in [0.15, 0.2) is 40.9 Å². The molecule has 0 radical (unpaired) electrons. The molecule has 0 atom stereocenters. The van der Waals surface area contributed by atoms with Gasteiger partial charge in [0.25, 0.3) is 0 Å². The molecule has 1 heterocycles. The van der Waals surface area contributed by atoms with Crippen LogP contribution in [0.5, 0.6) is 5.75 Å². The fourth-order valence-corrected chi connectivity index (χ4v) is 2.79. The summed E-state index contributed by atoms with van der Waals surface area (Å²) in [5, 5.41) is 12.0. The highest BCUT2D eigenvalue weighted by atomic mass is 19.4. The van der Waals surface area contributed by atoms with Crippen molar-refractivity contribution in [2.45, 2.75) is 25.6 Å². The van der Waals surface area contributed by atoms with E-state index >= 15 is 0 Å². The van der Waals surface area contributed by atoms with E-state index in [1.165, 1.54) is 0 Å². The summed E-state index contributed by atoms with van der Waals surface area (Å²) in [5.41, 5.74) is -0.846. The summed E-state index contributed by atoms with van der Waals surface area (Å²) in [7, 11) is 0. The number of hydrogen-bond donors (Lipinski definition) is 1. The van der Waals surface area contributed by atoms with E-state index < -0.39 is 53.3 Å². The topological polar surface area (TPSA) is 72.6 Å². The fraction of sp³-hybridized carbons (Fsp3) is 0.200. The van der Waals surface area contributed by atoms with Crippen molar-refractivity contribution >= 4 is 5.97 Å². The minimum absolute atomic E-state index is 0.0395. The monoisotopic (exact) mass is 445 g/mol. The average Bonchev–Trinajstić information content (AvgIpc) is 3.10. The largest absolute Gasteiger partial charge is 0.483 e. The van der Waals surface area contributed by atoms with Gasteiger partial charge in [-0.25, -0.2) is 13.2 Å². The zero-order chi connectivity index (χ0) is 22.8. The molecule has 1 aromatic heterocycles. The number of alkyl halides is 3. The zero-order valence-corrected chi connectivity index (χ0v) is 15.5. The van der Waals surface area contributed by atoms with E-state index in [-0.39, 0.29) is 29.7 Å². The number of aliphatic carboxylic acids is 1. The van der Waals surface area contributed by atoms with Gasteiger partial charge in [0, 0.05) is 12.0 Å². The van der Waals surface area contributed by atoms with Crippen molar-refractivity contribution in [3.63, 3.8) is 0 Å². The maximum Gasteiger partial charge on any atom is 0.452 e. The predicted molar refractivity (Wildman–Crippen MR) is 93.5 cm³/mol. The Morgan fingerprint density at radius 1 is 1.06 bits per heavy atom. The van der Waals surface area contributed by atoms with E-state index in [0.29, 0.717) is 0 Å². The third-order valence-corrected chi connectivity index (χ3v) is 4.21. The van der Waals surface area contributed by atoms with Crippen LogP contribution >= 0.6 is 0 Å². The van der Waals surface area contributed by atoms with E-state index in [1.54, 1.807) is 0 Å². The Morgan fingerprint density at radius 2 is 1.68 bits per heavy atom. The van der Waals surface area contributed by atoms with Crippen LogP contribution in [0, 0.1) is 17.5 Å². The minimum Gasteiger partial charge on any atom is -0.483 e. The lowest BCUT2D eigenvalue weighted by Gasteiger charge is -2.12. The number of hydrogen-bond acceptors (Lipinski definition) is 4. The number of carbonyl (C=O) groups is 1. The van der Waals surface area contributed by atoms with Crippen molar-refractivity contribution in [3.8, 4) is 17.0 Å². The van der Waals surface area contributed by atoms with Crippen LogP contribution in [-0.2, 0) is 24.0 Å². The van der Waals surface area contributed by atoms with E-state index in [4.69, 9.17) is 9.84 Å². The summed E-state index contributed by atoms with van der Waals surface area (Å²) in [6.07, 6.45) is -5.49. The highest BCUT2D eigenvalue weighted by Crippen LogP contribution is 2.38. The Morgan fingerprint density at radius 3 is 2.23 bits per heavy atom. The van der Waals surface area contributed by atoms with Crippen LogP contribution in [0.2, 0.25) is 0 Å². The second-order valence-corrected chi connectivity index (χ2v) is 6.41. The molecule has 2 aromatic carbocycles. The maximum absolute atomic E-state index is 14.3. The highest BCUT2D eigenvalue weighted by Gasteiger charge is 2.41.